The normalized spacial score (nSPS) is 11.2. The minimum absolute atomic E-state index is 0.693. The molecule has 1 heterocycles. The van der Waals surface area contributed by atoms with E-state index in [1.807, 2.05) is 36.4 Å². The number of hydrogen-bond donors (Lipinski definition) is 0. The van der Waals surface area contributed by atoms with Gasteiger partial charge in [-0.2, -0.15) is 0 Å². The van der Waals surface area contributed by atoms with E-state index in [0.29, 0.717) is 5.02 Å². The van der Waals surface area contributed by atoms with Crippen LogP contribution in [0, 0.1) is 0 Å². The Hall–Kier alpha value is -3.28. The number of ether oxygens (including phenoxy) is 2. The van der Waals surface area contributed by atoms with Gasteiger partial charge >= 0.3 is 0 Å². The van der Waals surface area contributed by atoms with E-state index < -0.39 is 0 Å². The van der Waals surface area contributed by atoms with Crippen LogP contribution >= 0.6 is 11.6 Å². The number of unbranched alkanes of at least 4 members (excludes halogenated alkanes) is 1. The van der Waals surface area contributed by atoms with Gasteiger partial charge in [0.2, 0.25) is 0 Å². The molecule has 6 heteroatoms. The van der Waals surface area contributed by atoms with Crippen LogP contribution in [0.1, 0.15) is 58.5 Å². The van der Waals surface area contributed by atoms with Gasteiger partial charge in [-0.05, 0) is 105 Å². The summed E-state index contributed by atoms with van der Waals surface area (Å²) in [7, 11) is 0. The lowest BCUT2D eigenvalue weighted by Gasteiger charge is -2.17. The van der Waals surface area contributed by atoms with E-state index in [0.717, 1.165) is 98.4 Å². The van der Waals surface area contributed by atoms with Crippen molar-refractivity contribution in [3.63, 3.8) is 0 Å². The smallest absolute Gasteiger partial charge is 0.127 e. The zero-order valence-electron chi connectivity index (χ0n) is 24.3. The molecule has 0 spiro atoms. The second-order valence-corrected chi connectivity index (χ2v) is 10.4. The maximum atomic E-state index is 6.03. The second-order valence-electron chi connectivity index (χ2n) is 9.92. The second kappa shape index (κ2) is 14.9. The van der Waals surface area contributed by atoms with Crippen LogP contribution in [0.4, 0.5) is 0 Å². The summed E-state index contributed by atoms with van der Waals surface area (Å²) in [6.45, 7) is 12.8. The Bertz CT molecular complexity index is 1310. The molecule has 0 saturated heterocycles. The standard InChI is InChI=1S/C34H42ClN3O2/c1-5-9-11-33-36-34(26-12-18-29(19-13-26)39-25-10-24-37(7-3)8-4)32(6-2)38(33)28-16-22-31(23-17-28)40-30-20-14-27(35)15-21-30/h12-23H,5-11,24-25H2,1-4H3. The van der Waals surface area contributed by atoms with Gasteiger partial charge in [0, 0.05) is 29.2 Å². The summed E-state index contributed by atoms with van der Waals surface area (Å²) in [6, 6.07) is 24.1. The Morgan fingerprint density at radius 3 is 2.00 bits per heavy atom. The molecule has 5 nitrogen and oxygen atoms in total. The van der Waals surface area contributed by atoms with Crippen LogP contribution in [0.3, 0.4) is 0 Å². The van der Waals surface area contributed by atoms with Gasteiger partial charge in [-0.1, -0.05) is 45.7 Å². The summed E-state index contributed by atoms with van der Waals surface area (Å²) < 4.78 is 14.4. The topological polar surface area (TPSA) is 39.5 Å². The van der Waals surface area contributed by atoms with Gasteiger partial charge in [0.1, 0.15) is 23.1 Å². The minimum atomic E-state index is 0.693. The number of imidazole rings is 1. The fourth-order valence-electron chi connectivity index (χ4n) is 4.90. The van der Waals surface area contributed by atoms with Crippen LogP contribution in [0.25, 0.3) is 16.9 Å². The van der Waals surface area contributed by atoms with E-state index in [4.69, 9.17) is 26.1 Å². The molecule has 0 aliphatic rings. The van der Waals surface area contributed by atoms with Crippen molar-refractivity contribution >= 4 is 11.6 Å². The van der Waals surface area contributed by atoms with Gasteiger partial charge < -0.3 is 18.9 Å². The fourth-order valence-corrected chi connectivity index (χ4v) is 5.02. The Morgan fingerprint density at radius 1 is 0.775 bits per heavy atom. The van der Waals surface area contributed by atoms with Crippen LogP contribution in [0.5, 0.6) is 17.2 Å². The molecule has 0 fully saturated rings. The van der Waals surface area contributed by atoms with Gasteiger partial charge in [-0.15, -0.1) is 0 Å². The zero-order chi connectivity index (χ0) is 28.3. The molecule has 0 unspecified atom stereocenters. The molecule has 1 aromatic heterocycles. The molecule has 4 aromatic rings. The molecule has 212 valence electrons. The molecule has 0 radical (unpaired) electrons. The van der Waals surface area contributed by atoms with Crippen LogP contribution in [-0.4, -0.2) is 40.7 Å². The first kappa shape index (κ1) is 29.7. The van der Waals surface area contributed by atoms with Gasteiger partial charge in [0.15, 0.2) is 0 Å². The number of benzene rings is 3. The van der Waals surface area contributed by atoms with E-state index in [1.54, 1.807) is 0 Å². The summed E-state index contributed by atoms with van der Waals surface area (Å²) in [5.41, 5.74) is 4.47. The summed E-state index contributed by atoms with van der Waals surface area (Å²) >= 11 is 6.01. The Balaban J connectivity index is 1.54. The molecule has 0 bridgehead atoms. The summed E-state index contributed by atoms with van der Waals surface area (Å²) in [4.78, 5) is 7.60. The Kier molecular flexibility index (Phi) is 11.1. The third kappa shape index (κ3) is 7.67. The lowest BCUT2D eigenvalue weighted by atomic mass is 10.1. The molecule has 3 aromatic carbocycles. The number of nitrogens with zero attached hydrogens (tertiary/aromatic N) is 3. The first-order chi connectivity index (χ1) is 19.6. The van der Waals surface area contributed by atoms with E-state index >= 15 is 0 Å². The van der Waals surface area contributed by atoms with Crippen molar-refractivity contribution in [1.29, 1.82) is 0 Å². The number of aromatic nitrogens is 2. The molecule has 0 N–H and O–H groups in total. The zero-order valence-corrected chi connectivity index (χ0v) is 25.1. The highest BCUT2D eigenvalue weighted by molar-refractivity contribution is 6.30. The van der Waals surface area contributed by atoms with Crippen molar-refractivity contribution in [2.75, 3.05) is 26.2 Å². The highest BCUT2D eigenvalue weighted by atomic mass is 35.5. The SMILES string of the molecule is CCCCc1nc(-c2ccc(OCCCN(CC)CC)cc2)c(CC)n1-c1ccc(Oc2ccc(Cl)cc2)cc1. The quantitative estimate of drug-likeness (QED) is 0.136. The van der Waals surface area contributed by atoms with E-state index in [9.17, 15) is 0 Å². The van der Waals surface area contributed by atoms with Gasteiger partial charge in [0.25, 0.3) is 0 Å². The monoisotopic (exact) mass is 559 g/mol. The molecule has 0 amide bonds. The molecule has 0 aliphatic heterocycles. The van der Waals surface area contributed by atoms with Crippen molar-refractivity contribution in [3.8, 4) is 34.2 Å². The number of halogens is 1. The Morgan fingerprint density at radius 2 is 1.40 bits per heavy atom. The minimum Gasteiger partial charge on any atom is -0.494 e. The van der Waals surface area contributed by atoms with Crippen molar-refractivity contribution < 1.29 is 9.47 Å². The van der Waals surface area contributed by atoms with Gasteiger partial charge in [0.05, 0.1) is 18.0 Å². The molecule has 0 atom stereocenters. The predicted octanol–water partition coefficient (Wildman–Crippen LogP) is 9.00. The predicted molar refractivity (Wildman–Crippen MR) is 166 cm³/mol. The molecular formula is C34H42ClN3O2. The summed E-state index contributed by atoms with van der Waals surface area (Å²) in [5.74, 6) is 3.54. The average molecular weight is 560 g/mol. The molecular weight excluding hydrogens is 518 g/mol. The van der Waals surface area contributed by atoms with E-state index in [2.05, 4.69) is 73.6 Å². The number of hydrogen-bond acceptors (Lipinski definition) is 4. The first-order valence-electron chi connectivity index (χ1n) is 14.7. The molecule has 0 saturated carbocycles. The van der Waals surface area contributed by atoms with Crippen molar-refractivity contribution in [2.24, 2.45) is 0 Å². The van der Waals surface area contributed by atoms with Crippen LogP contribution < -0.4 is 9.47 Å². The third-order valence-corrected chi connectivity index (χ3v) is 7.44. The van der Waals surface area contributed by atoms with Crippen LogP contribution in [0.2, 0.25) is 5.02 Å². The Labute approximate surface area is 244 Å². The van der Waals surface area contributed by atoms with Crippen molar-refractivity contribution in [2.45, 2.75) is 59.8 Å². The number of rotatable bonds is 15. The number of aryl methyl sites for hydroxylation is 1. The van der Waals surface area contributed by atoms with E-state index in [-0.39, 0.29) is 0 Å². The maximum absolute atomic E-state index is 6.03. The molecule has 40 heavy (non-hydrogen) atoms. The first-order valence-corrected chi connectivity index (χ1v) is 15.0. The van der Waals surface area contributed by atoms with Gasteiger partial charge in [-0.3, -0.25) is 0 Å². The van der Waals surface area contributed by atoms with Crippen molar-refractivity contribution in [1.82, 2.24) is 14.5 Å². The highest BCUT2D eigenvalue weighted by Gasteiger charge is 2.18. The fraction of sp³-hybridized carbons (Fsp3) is 0.382. The van der Waals surface area contributed by atoms with Crippen LogP contribution in [-0.2, 0) is 12.8 Å². The summed E-state index contributed by atoms with van der Waals surface area (Å²) in [6.07, 6.45) is 5.05. The highest BCUT2D eigenvalue weighted by Crippen LogP contribution is 2.31. The largest absolute Gasteiger partial charge is 0.494 e. The molecule has 4 rings (SSSR count). The lowest BCUT2D eigenvalue weighted by Crippen LogP contribution is -2.25. The molecule has 0 aliphatic carbocycles. The third-order valence-electron chi connectivity index (χ3n) is 7.18. The average Bonchev–Trinajstić information content (AvgIpc) is 3.36. The summed E-state index contributed by atoms with van der Waals surface area (Å²) in [5, 5.41) is 0.693. The van der Waals surface area contributed by atoms with Crippen molar-refractivity contribution in [3.05, 3.63) is 89.3 Å². The lowest BCUT2D eigenvalue weighted by molar-refractivity contribution is 0.249. The van der Waals surface area contributed by atoms with Crippen LogP contribution in [0.15, 0.2) is 72.8 Å². The maximum Gasteiger partial charge on any atom is 0.127 e. The van der Waals surface area contributed by atoms with Gasteiger partial charge in [-0.25, -0.2) is 4.98 Å². The van der Waals surface area contributed by atoms with E-state index in [1.165, 1.54) is 5.69 Å².